The first-order valence-corrected chi connectivity index (χ1v) is 8.91. The molecule has 0 aromatic carbocycles. The van der Waals surface area contributed by atoms with Crippen molar-refractivity contribution in [2.45, 2.75) is 44.8 Å². The third-order valence-electron chi connectivity index (χ3n) is 3.79. The van der Waals surface area contributed by atoms with Crippen LogP contribution in [0, 0.1) is 5.92 Å². The first-order valence-electron chi connectivity index (χ1n) is 8.28. The third-order valence-corrected chi connectivity index (χ3v) is 4.16. The summed E-state index contributed by atoms with van der Waals surface area (Å²) >= 11 is 3.98. The van der Waals surface area contributed by atoms with Gasteiger partial charge in [-0.1, -0.05) is 20.3 Å². The highest BCUT2D eigenvalue weighted by Gasteiger charge is 2.29. The zero-order valence-corrected chi connectivity index (χ0v) is 16.1. The Kier molecular flexibility index (Phi) is 11.1. The lowest BCUT2D eigenvalue weighted by atomic mass is 9.99. The van der Waals surface area contributed by atoms with Gasteiger partial charge in [0.25, 0.3) is 0 Å². The Morgan fingerprint density at radius 1 is 1.11 bits per heavy atom. The van der Waals surface area contributed by atoms with Gasteiger partial charge in [0.2, 0.25) is 23.6 Å². The Morgan fingerprint density at radius 3 is 2.15 bits per heavy atom. The van der Waals surface area contributed by atoms with Crippen molar-refractivity contribution in [1.29, 1.82) is 0 Å². The van der Waals surface area contributed by atoms with Crippen LogP contribution in [0.3, 0.4) is 0 Å². The minimum Gasteiger partial charge on any atom is -0.480 e. The van der Waals surface area contributed by atoms with Crippen LogP contribution in [0.15, 0.2) is 0 Å². The summed E-state index contributed by atoms with van der Waals surface area (Å²) in [5, 5.41) is 16.1. The zero-order chi connectivity index (χ0) is 21.1. The molecular formula is C15H27N5O6S. The quantitative estimate of drug-likeness (QED) is 0.172. The molecule has 0 saturated heterocycles. The smallest absolute Gasteiger partial charge is 0.326 e. The summed E-state index contributed by atoms with van der Waals surface area (Å²) in [4.78, 5) is 57.7. The van der Waals surface area contributed by atoms with E-state index in [9.17, 15) is 29.1 Å². The number of aliphatic carboxylic acids is 1. The van der Waals surface area contributed by atoms with E-state index in [2.05, 4.69) is 28.6 Å². The molecule has 0 spiro atoms. The van der Waals surface area contributed by atoms with Crippen molar-refractivity contribution in [3.05, 3.63) is 0 Å². The third kappa shape index (κ3) is 9.24. The van der Waals surface area contributed by atoms with Gasteiger partial charge < -0.3 is 32.5 Å². The molecule has 8 N–H and O–H groups in total. The van der Waals surface area contributed by atoms with Crippen molar-refractivity contribution in [1.82, 2.24) is 16.0 Å². The van der Waals surface area contributed by atoms with Crippen LogP contribution >= 0.6 is 12.6 Å². The normalized spacial score (nSPS) is 15.0. The predicted octanol–water partition coefficient (Wildman–Crippen LogP) is -2.66. The second-order valence-electron chi connectivity index (χ2n) is 6.01. The number of carboxylic acids is 1. The molecule has 0 saturated carbocycles. The van der Waals surface area contributed by atoms with Gasteiger partial charge in [0.1, 0.15) is 12.1 Å². The fourth-order valence-electron chi connectivity index (χ4n) is 1.98. The van der Waals surface area contributed by atoms with Crippen LogP contribution in [0.5, 0.6) is 0 Å². The summed E-state index contributed by atoms with van der Waals surface area (Å²) in [5.74, 6) is -4.50. The standard InChI is InChI=1S/C15H27N5O6S/c1-3-7(2)12(15(25)26)20-14(24)9(6-27)19-11(22)5-18-13(23)8(16)4-10(17)21/h7-9,12,27H,3-6,16H2,1-2H3,(H2,17,21)(H,18,23)(H,19,22)(H,20,24)(H,25,26). The van der Waals surface area contributed by atoms with E-state index in [1.807, 2.05) is 0 Å². The van der Waals surface area contributed by atoms with Crippen LogP contribution < -0.4 is 27.4 Å². The molecule has 0 aromatic heterocycles. The van der Waals surface area contributed by atoms with E-state index in [1.165, 1.54) is 0 Å². The molecule has 0 bridgehead atoms. The predicted molar refractivity (Wildman–Crippen MR) is 99.6 cm³/mol. The van der Waals surface area contributed by atoms with Crippen LogP contribution in [0.2, 0.25) is 0 Å². The summed E-state index contributed by atoms with van der Waals surface area (Å²) in [6.45, 7) is 2.98. The summed E-state index contributed by atoms with van der Waals surface area (Å²) in [7, 11) is 0. The molecule has 4 atom stereocenters. The molecule has 4 amide bonds. The number of hydrogen-bond acceptors (Lipinski definition) is 7. The second-order valence-corrected chi connectivity index (χ2v) is 6.37. The Morgan fingerprint density at radius 2 is 1.70 bits per heavy atom. The molecular weight excluding hydrogens is 378 g/mol. The fourth-order valence-corrected chi connectivity index (χ4v) is 2.24. The molecule has 0 rings (SSSR count). The Balaban J connectivity index is 4.66. The van der Waals surface area contributed by atoms with Crippen LogP contribution in [-0.2, 0) is 24.0 Å². The molecule has 0 aliphatic carbocycles. The monoisotopic (exact) mass is 405 g/mol. The number of carbonyl (C=O) groups excluding carboxylic acids is 4. The number of thiol groups is 1. The average Bonchev–Trinajstić information content (AvgIpc) is 2.60. The van der Waals surface area contributed by atoms with Crippen molar-refractivity contribution < 1.29 is 29.1 Å². The maximum Gasteiger partial charge on any atom is 0.326 e. The molecule has 4 unspecified atom stereocenters. The topological polar surface area (TPSA) is 194 Å². The number of hydrogen-bond donors (Lipinski definition) is 7. The molecule has 0 aliphatic heterocycles. The van der Waals surface area contributed by atoms with E-state index >= 15 is 0 Å². The minimum absolute atomic E-state index is 0.0838. The number of primary amides is 1. The largest absolute Gasteiger partial charge is 0.480 e. The van der Waals surface area contributed by atoms with E-state index in [0.29, 0.717) is 6.42 Å². The summed E-state index contributed by atoms with van der Waals surface area (Å²) in [6, 6.07) is -3.39. The van der Waals surface area contributed by atoms with E-state index in [0.717, 1.165) is 0 Å². The van der Waals surface area contributed by atoms with Crippen molar-refractivity contribution in [2.75, 3.05) is 12.3 Å². The lowest BCUT2D eigenvalue weighted by Crippen LogP contribution is -2.55. The van der Waals surface area contributed by atoms with Gasteiger partial charge >= 0.3 is 5.97 Å². The molecule has 0 heterocycles. The van der Waals surface area contributed by atoms with Crippen molar-refractivity contribution in [2.24, 2.45) is 17.4 Å². The van der Waals surface area contributed by atoms with Gasteiger partial charge in [0.05, 0.1) is 19.0 Å². The van der Waals surface area contributed by atoms with Gasteiger partial charge in [-0.05, 0) is 5.92 Å². The highest BCUT2D eigenvalue weighted by molar-refractivity contribution is 7.80. The number of nitrogens with two attached hydrogens (primary N) is 2. The molecule has 12 heteroatoms. The van der Waals surface area contributed by atoms with Crippen LogP contribution in [0.4, 0.5) is 0 Å². The van der Waals surface area contributed by atoms with Gasteiger partial charge in [0.15, 0.2) is 0 Å². The van der Waals surface area contributed by atoms with Crippen LogP contribution in [0.25, 0.3) is 0 Å². The van der Waals surface area contributed by atoms with Gasteiger partial charge in [-0.15, -0.1) is 0 Å². The maximum atomic E-state index is 12.2. The van der Waals surface area contributed by atoms with E-state index in [1.54, 1.807) is 13.8 Å². The average molecular weight is 405 g/mol. The molecule has 0 fully saturated rings. The van der Waals surface area contributed by atoms with Gasteiger partial charge in [-0.2, -0.15) is 12.6 Å². The number of nitrogens with one attached hydrogen (secondary N) is 3. The lowest BCUT2D eigenvalue weighted by molar-refractivity contribution is -0.143. The van der Waals surface area contributed by atoms with E-state index in [4.69, 9.17) is 11.5 Å². The van der Waals surface area contributed by atoms with Crippen molar-refractivity contribution in [3.8, 4) is 0 Å². The summed E-state index contributed by atoms with van der Waals surface area (Å²) in [6.07, 6.45) is 0.161. The van der Waals surface area contributed by atoms with E-state index in [-0.39, 0.29) is 18.1 Å². The Labute approximate surface area is 162 Å². The number of carboxylic acid groups (broad SMARTS) is 1. The maximum absolute atomic E-state index is 12.2. The molecule has 0 aromatic rings. The Bertz CT molecular complexity index is 573. The summed E-state index contributed by atoms with van der Waals surface area (Å²) in [5.41, 5.74) is 10.4. The molecule has 154 valence electrons. The number of amides is 4. The lowest BCUT2D eigenvalue weighted by Gasteiger charge is -2.23. The van der Waals surface area contributed by atoms with Crippen molar-refractivity contribution >= 4 is 42.2 Å². The van der Waals surface area contributed by atoms with E-state index < -0.39 is 54.3 Å². The minimum atomic E-state index is -1.19. The SMILES string of the molecule is CCC(C)C(NC(=O)C(CS)NC(=O)CNC(=O)C(N)CC(N)=O)C(=O)O. The van der Waals surface area contributed by atoms with Crippen molar-refractivity contribution in [3.63, 3.8) is 0 Å². The van der Waals surface area contributed by atoms with Gasteiger partial charge in [0, 0.05) is 5.75 Å². The fraction of sp³-hybridized carbons (Fsp3) is 0.667. The van der Waals surface area contributed by atoms with Gasteiger partial charge in [-0.25, -0.2) is 4.79 Å². The van der Waals surface area contributed by atoms with Crippen LogP contribution in [-0.4, -0.2) is 65.1 Å². The Hall–Kier alpha value is -2.34. The number of rotatable bonds is 12. The summed E-state index contributed by atoms with van der Waals surface area (Å²) < 4.78 is 0. The van der Waals surface area contributed by atoms with Crippen LogP contribution in [0.1, 0.15) is 26.7 Å². The molecule has 0 aliphatic rings. The number of carbonyl (C=O) groups is 5. The molecule has 11 nitrogen and oxygen atoms in total. The highest BCUT2D eigenvalue weighted by Crippen LogP contribution is 2.08. The highest BCUT2D eigenvalue weighted by atomic mass is 32.1. The van der Waals surface area contributed by atoms with Gasteiger partial charge in [-0.3, -0.25) is 19.2 Å². The molecule has 0 radical (unpaired) electrons. The molecule has 27 heavy (non-hydrogen) atoms. The zero-order valence-electron chi connectivity index (χ0n) is 15.2. The first-order chi connectivity index (χ1) is 12.5. The first kappa shape index (κ1) is 24.7. The second kappa shape index (κ2) is 12.1.